The van der Waals surface area contributed by atoms with Crippen LogP contribution in [-0.4, -0.2) is 62.4 Å². The van der Waals surface area contributed by atoms with E-state index in [4.69, 9.17) is 9.47 Å². The fourth-order valence-electron chi connectivity index (χ4n) is 4.38. The van der Waals surface area contributed by atoms with E-state index < -0.39 is 11.9 Å². The van der Waals surface area contributed by atoms with E-state index in [1.807, 2.05) is 36.4 Å². The van der Waals surface area contributed by atoms with Crippen LogP contribution >= 0.6 is 0 Å². The van der Waals surface area contributed by atoms with E-state index >= 15 is 0 Å². The summed E-state index contributed by atoms with van der Waals surface area (Å²) in [4.78, 5) is 30.9. The van der Waals surface area contributed by atoms with Gasteiger partial charge in [0.25, 0.3) is 5.91 Å². The van der Waals surface area contributed by atoms with Gasteiger partial charge in [-0.2, -0.15) is 0 Å². The van der Waals surface area contributed by atoms with Gasteiger partial charge < -0.3 is 19.5 Å². The summed E-state index contributed by atoms with van der Waals surface area (Å²) < 4.78 is 12.9. The number of carbonyl (C=O) groups is 2. The van der Waals surface area contributed by atoms with Crippen molar-refractivity contribution in [1.82, 2.24) is 19.7 Å². The largest absolute Gasteiger partial charge is 0.486 e. The molecule has 0 unspecified atom stereocenters. The number of aliphatic carboxylic acids is 1. The van der Waals surface area contributed by atoms with Gasteiger partial charge in [0.05, 0.1) is 5.69 Å². The molecule has 9 heteroatoms. The van der Waals surface area contributed by atoms with E-state index in [2.05, 4.69) is 10.1 Å². The molecule has 1 amide bonds. The van der Waals surface area contributed by atoms with Gasteiger partial charge in [-0.3, -0.25) is 9.59 Å². The minimum atomic E-state index is -1.05. The van der Waals surface area contributed by atoms with Crippen LogP contribution in [-0.2, 0) is 4.79 Å². The number of benzene rings is 2. The molecule has 0 spiro atoms. The maximum atomic E-state index is 13.4. The maximum Gasteiger partial charge on any atom is 0.323 e. The lowest BCUT2D eigenvalue weighted by molar-refractivity contribution is -0.138. The molecule has 170 valence electrons. The summed E-state index contributed by atoms with van der Waals surface area (Å²) in [6.07, 6.45) is 3.52. The van der Waals surface area contributed by atoms with Gasteiger partial charge in [0.2, 0.25) is 5.82 Å². The molecule has 0 radical (unpaired) electrons. The van der Waals surface area contributed by atoms with E-state index in [0.717, 1.165) is 31.2 Å². The maximum absolute atomic E-state index is 13.4. The standard InChI is InChI=1S/C24H24N4O5/c29-21(30)15-27(17-8-4-5-9-17)24(31)22-25-23(16-6-2-1-3-7-16)28(26-22)18-10-11-19-20(14-18)33-13-12-32-19/h1-3,6-7,10-11,14,17H,4-5,8-9,12-13,15H2,(H,29,30). The van der Waals surface area contributed by atoms with Crippen molar-refractivity contribution < 1.29 is 24.2 Å². The lowest BCUT2D eigenvalue weighted by Crippen LogP contribution is -2.42. The highest BCUT2D eigenvalue weighted by atomic mass is 16.6. The Bertz CT molecular complexity index is 1170. The average molecular weight is 448 g/mol. The molecule has 33 heavy (non-hydrogen) atoms. The summed E-state index contributed by atoms with van der Waals surface area (Å²) in [5.74, 6) is 0.174. The molecule has 5 rings (SSSR count). The van der Waals surface area contributed by atoms with E-state index in [0.29, 0.717) is 36.2 Å². The number of hydrogen-bond acceptors (Lipinski definition) is 6. The number of aromatic nitrogens is 3. The summed E-state index contributed by atoms with van der Waals surface area (Å²) >= 11 is 0. The summed E-state index contributed by atoms with van der Waals surface area (Å²) in [6, 6.07) is 14.8. The third kappa shape index (κ3) is 4.26. The van der Waals surface area contributed by atoms with Gasteiger partial charge in [0.1, 0.15) is 19.8 Å². The topological polar surface area (TPSA) is 107 Å². The molecule has 2 aromatic carbocycles. The predicted molar refractivity (Wildman–Crippen MR) is 119 cm³/mol. The number of carboxylic acid groups (broad SMARTS) is 1. The molecule has 1 aromatic heterocycles. The van der Waals surface area contributed by atoms with Crippen molar-refractivity contribution in [1.29, 1.82) is 0 Å². The summed E-state index contributed by atoms with van der Waals surface area (Å²) in [5.41, 5.74) is 1.44. The quantitative estimate of drug-likeness (QED) is 0.617. The van der Waals surface area contributed by atoms with Crippen molar-refractivity contribution in [3.05, 3.63) is 54.4 Å². The Morgan fingerprint density at radius 3 is 2.48 bits per heavy atom. The molecule has 2 heterocycles. The number of nitrogens with zero attached hydrogens (tertiary/aromatic N) is 4. The van der Waals surface area contributed by atoms with Gasteiger partial charge in [-0.05, 0) is 25.0 Å². The molecule has 1 N–H and O–H groups in total. The van der Waals surface area contributed by atoms with Crippen LogP contribution in [0.3, 0.4) is 0 Å². The number of hydrogen-bond donors (Lipinski definition) is 1. The van der Waals surface area contributed by atoms with Gasteiger partial charge in [-0.1, -0.05) is 43.2 Å². The van der Waals surface area contributed by atoms with Crippen molar-refractivity contribution in [2.45, 2.75) is 31.7 Å². The Hall–Kier alpha value is -3.88. The second-order valence-corrected chi connectivity index (χ2v) is 8.13. The highest BCUT2D eigenvalue weighted by molar-refractivity contribution is 5.93. The average Bonchev–Trinajstić information content (AvgIpc) is 3.53. The van der Waals surface area contributed by atoms with Crippen molar-refractivity contribution in [2.75, 3.05) is 19.8 Å². The number of rotatable bonds is 6. The van der Waals surface area contributed by atoms with Crippen molar-refractivity contribution in [3.63, 3.8) is 0 Å². The Morgan fingerprint density at radius 1 is 1.03 bits per heavy atom. The first-order valence-corrected chi connectivity index (χ1v) is 11.1. The zero-order valence-corrected chi connectivity index (χ0v) is 18.0. The monoisotopic (exact) mass is 448 g/mol. The van der Waals surface area contributed by atoms with Crippen LogP contribution in [0.1, 0.15) is 36.3 Å². The third-order valence-electron chi connectivity index (χ3n) is 5.93. The molecular weight excluding hydrogens is 424 g/mol. The minimum absolute atomic E-state index is 0.0307. The normalized spacial score (nSPS) is 15.4. The zero-order valence-electron chi connectivity index (χ0n) is 18.0. The molecule has 1 fully saturated rings. The van der Waals surface area contributed by atoms with Crippen molar-refractivity contribution in [2.24, 2.45) is 0 Å². The van der Waals surface area contributed by atoms with E-state index in [9.17, 15) is 14.7 Å². The number of carboxylic acids is 1. The zero-order chi connectivity index (χ0) is 22.8. The van der Waals surface area contributed by atoms with Crippen LogP contribution in [0.25, 0.3) is 17.1 Å². The van der Waals surface area contributed by atoms with E-state index in [1.54, 1.807) is 16.8 Å². The molecule has 9 nitrogen and oxygen atoms in total. The smallest absolute Gasteiger partial charge is 0.323 e. The second kappa shape index (κ2) is 8.93. The van der Waals surface area contributed by atoms with Gasteiger partial charge >= 0.3 is 5.97 Å². The number of amides is 1. The highest BCUT2D eigenvalue weighted by Crippen LogP contribution is 2.33. The van der Waals surface area contributed by atoms with Crippen LogP contribution in [0.5, 0.6) is 11.5 Å². The second-order valence-electron chi connectivity index (χ2n) is 8.13. The number of carbonyl (C=O) groups excluding carboxylic acids is 1. The van der Waals surface area contributed by atoms with Gasteiger partial charge in [-0.25, -0.2) is 9.67 Å². The van der Waals surface area contributed by atoms with Gasteiger partial charge in [0.15, 0.2) is 17.3 Å². The first-order chi connectivity index (χ1) is 16.1. The minimum Gasteiger partial charge on any atom is -0.486 e. The fourth-order valence-corrected chi connectivity index (χ4v) is 4.38. The summed E-state index contributed by atoms with van der Waals surface area (Å²) in [7, 11) is 0. The molecule has 2 aliphatic rings. The first-order valence-electron chi connectivity index (χ1n) is 11.1. The Balaban J connectivity index is 1.57. The Morgan fingerprint density at radius 2 is 1.76 bits per heavy atom. The molecule has 3 aromatic rings. The molecule has 1 aliphatic carbocycles. The molecular formula is C24H24N4O5. The van der Waals surface area contributed by atoms with E-state index in [-0.39, 0.29) is 18.4 Å². The SMILES string of the molecule is O=C(O)CN(C(=O)c1nc(-c2ccccc2)n(-c2ccc3c(c2)OCCO3)n1)C1CCCC1. The molecule has 0 atom stereocenters. The van der Waals surface area contributed by atoms with Crippen molar-refractivity contribution in [3.8, 4) is 28.6 Å². The fraction of sp³-hybridized carbons (Fsp3) is 0.333. The van der Waals surface area contributed by atoms with Gasteiger partial charge in [0, 0.05) is 17.7 Å². The van der Waals surface area contributed by atoms with Gasteiger partial charge in [-0.15, -0.1) is 5.10 Å². The van der Waals surface area contributed by atoms with Crippen LogP contribution in [0.2, 0.25) is 0 Å². The highest BCUT2D eigenvalue weighted by Gasteiger charge is 2.32. The lowest BCUT2D eigenvalue weighted by atomic mass is 10.2. The molecule has 0 bridgehead atoms. The molecule has 0 saturated heterocycles. The number of fused-ring (bicyclic) bond motifs is 1. The van der Waals surface area contributed by atoms with Crippen LogP contribution in [0, 0.1) is 0 Å². The van der Waals surface area contributed by atoms with Crippen LogP contribution in [0.4, 0.5) is 0 Å². The molecule has 1 aliphatic heterocycles. The summed E-state index contributed by atoms with van der Waals surface area (Å²) in [6.45, 7) is 0.571. The molecule has 1 saturated carbocycles. The first kappa shape index (κ1) is 21.0. The van der Waals surface area contributed by atoms with Crippen LogP contribution < -0.4 is 9.47 Å². The van der Waals surface area contributed by atoms with E-state index in [1.165, 1.54) is 4.90 Å². The van der Waals surface area contributed by atoms with Crippen LogP contribution in [0.15, 0.2) is 48.5 Å². The lowest BCUT2D eigenvalue weighted by Gasteiger charge is -2.26. The Kier molecular flexibility index (Phi) is 5.68. The van der Waals surface area contributed by atoms with Crippen molar-refractivity contribution >= 4 is 11.9 Å². The third-order valence-corrected chi connectivity index (χ3v) is 5.93. The summed E-state index contributed by atoms with van der Waals surface area (Å²) in [5, 5.41) is 13.9. The Labute approximate surface area is 190 Å². The number of ether oxygens (including phenoxy) is 2. The predicted octanol–water partition coefficient (Wildman–Crippen LogP) is 3.17.